The first-order valence-corrected chi connectivity index (χ1v) is 11.5. The summed E-state index contributed by atoms with van der Waals surface area (Å²) in [5.74, 6) is -0.00629. The lowest BCUT2D eigenvalue weighted by Crippen LogP contribution is -2.51. The molecule has 0 saturated carbocycles. The number of aliphatic carboxylic acids is 2. The van der Waals surface area contributed by atoms with Crippen LogP contribution >= 0.6 is 0 Å². The van der Waals surface area contributed by atoms with Crippen LogP contribution < -0.4 is 31.7 Å². The molecule has 3 rings (SSSR count). The van der Waals surface area contributed by atoms with Crippen molar-refractivity contribution >= 4 is 35.0 Å². The van der Waals surface area contributed by atoms with E-state index in [4.69, 9.17) is 26.8 Å². The van der Waals surface area contributed by atoms with Gasteiger partial charge in [0.2, 0.25) is 0 Å². The largest absolute Gasteiger partial charge is 0.481 e. The first kappa shape index (κ1) is 29.7. The fourth-order valence-electron chi connectivity index (χ4n) is 3.70. The number of hydrogen-bond acceptors (Lipinski definition) is 12. The molecule has 0 amide bonds. The van der Waals surface area contributed by atoms with E-state index < -0.39 is 52.8 Å². The van der Waals surface area contributed by atoms with Crippen LogP contribution in [0, 0.1) is 27.4 Å². The molecule has 17 nitrogen and oxygen atoms in total. The number of nitro groups is 1. The average Bonchev–Trinajstić information content (AvgIpc) is 2.88. The quantitative estimate of drug-likeness (QED) is 0.0814. The second-order valence-corrected chi connectivity index (χ2v) is 8.59. The maximum atomic E-state index is 12.3. The predicted molar refractivity (Wildman–Crippen MR) is 143 cm³/mol. The number of carbonyl (C=O) groups is 2. The molecule has 8 N–H and O–H groups in total. The number of aliphatic imine (C=N–C) groups is 2. The van der Waals surface area contributed by atoms with Gasteiger partial charge in [0, 0.05) is 26.2 Å². The van der Waals surface area contributed by atoms with Gasteiger partial charge in [-0.1, -0.05) is 6.07 Å². The van der Waals surface area contributed by atoms with Gasteiger partial charge in [-0.3, -0.25) is 19.7 Å². The number of hydrazine groups is 1. The third-order valence-corrected chi connectivity index (χ3v) is 5.45. The van der Waals surface area contributed by atoms with Crippen LogP contribution in [0.2, 0.25) is 0 Å². The number of nitriles is 1. The number of allylic oxidation sites excluding steroid dienone is 1. The summed E-state index contributed by atoms with van der Waals surface area (Å²) in [6.07, 6.45) is -2.74. The Morgan fingerprint density at radius 2 is 1.98 bits per heavy atom. The molecule has 1 aliphatic rings. The van der Waals surface area contributed by atoms with Gasteiger partial charge in [0.05, 0.1) is 34.4 Å². The minimum Gasteiger partial charge on any atom is -0.481 e. The molecule has 2 aromatic rings. The molecular weight excluding hydrogens is 542 g/mol. The average molecular weight is 568 g/mol. The van der Waals surface area contributed by atoms with E-state index in [-0.39, 0.29) is 28.7 Å². The van der Waals surface area contributed by atoms with Crippen LogP contribution in [0.3, 0.4) is 0 Å². The fraction of sp³-hybridized carbons (Fsp3) is 0.208. The molecule has 2 atom stereocenters. The molecule has 2 aromatic carbocycles. The van der Waals surface area contributed by atoms with Crippen molar-refractivity contribution in [3.63, 3.8) is 0 Å². The standard InChI is InChI=1S/C24H25N9O8/c1-31(2)16-7-6-12(11-25)8-17(16)41-21-20(33(38)39)19(15(22(36)37)10-18(34)35)30-24(32(21)28)40-14-5-3-4-13(9-14)29-23(26)27/h3-9,15,24H,10,28H2,1-2H3,(H,34,35)(H,36,37)(H4,26,27,29). The maximum Gasteiger partial charge on any atom is 0.352 e. The zero-order valence-electron chi connectivity index (χ0n) is 21.7. The Balaban J connectivity index is 2.23. The van der Waals surface area contributed by atoms with E-state index in [2.05, 4.69) is 9.98 Å². The molecule has 0 aromatic heterocycles. The minimum atomic E-state index is -1.99. The zero-order valence-corrected chi connectivity index (χ0v) is 21.7. The zero-order chi connectivity index (χ0) is 30.4. The number of ether oxygens (including phenoxy) is 2. The Morgan fingerprint density at radius 1 is 1.27 bits per heavy atom. The molecule has 1 heterocycles. The second-order valence-electron chi connectivity index (χ2n) is 8.59. The van der Waals surface area contributed by atoms with Crippen molar-refractivity contribution < 1.29 is 34.2 Å². The SMILES string of the molecule is CN(C)c1ccc(C#N)cc1OC1=C([N+](=O)[O-])C(C(CC(=O)O)C(=O)O)=NC(Oc2cccc(N=C(N)N)c2)N1N. The summed E-state index contributed by atoms with van der Waals surface area (Å²) in [5.41, 5.74) is 9.83. The molecule has 0 spiro atoms. The summed E-state index contributed by atoms with van der Waals surface area (Å²) in [6, 6.07) is 12.1. The molecule has 0 bridgehead atoms. The smallest absolute Gasteiger partial charge is 0.352 e. The van der Waals surface area contributed by atoms with E-state index in [1.54, 1.807) is 25.1 Å². The number of anilines is 1. The van der Waals surface area contributed by atoms with E-state index in [1.807, 2.05) is 6.07 Å². The Morgan fingerprint density at radius 3 is 2.54 bits per heavy atom. The van der Waals surface area contributed by atoms with E-state index >= 15 is 0 Å². The van der Waals surface area contributed by atoms with Gasteiger partial charge in [-0.2, -0.15) is 5.26 Å². The normalized spacial score (nSPS) is 15.2. The molecule has 1 aliphatic heterocycles. The lowest BCUT2D eigenvalue weighted by Gasteiger charge is -2.32. The predicted octanol–water partition coefficient (Wildman–Crippen LogP) is 0.522. The number of nitrogens with zero attached hydrogens (tertiary/aromatic N) is 6. The molecule has 41 heavy (non-hydrogen) atoms. The van der Waals surface area contributed by atoms with Crippen LogP contribution in [0.1, 0.15) is 12.0 Å². The molecule has 0 fully saturated rings. The van der Waals surface area contributed by atoms with E-state index in [0.29, 0.717) is 10.7 Å². The summed E-state index contributed by atoms with van der Waals surface area (Å²) < 4.78 is 11.7. The summed E-state index contributed by atoms with van der Waals surface area (Å²) >= 11 is 0. The third kappa shape index (κ3) is 6.96. The van der Waals surface area contributed by atoms with Gasteiger partial charge in [0.15, 0.2) is 11.7 Å². The van der Waals surface area contributed by atoms with Crippen LogP contribution in [0.15, 0.2) is 64.0 Å². The van der Waals surface area contributed by atoms with Crippen LogP contribution in [0.25, 0.3) is 0 Å². The molecule has 0 radical (unpaired) electrons. The Labute approximate surface area is 232 Å². The van der Waals surface area contributed by atoms with Crippen LogP contribution in [-0.2, 0) is 9.59 Å². The van der Waals surface area contributed by atoms with Crippen LogP contribution in [-0.4, -0.2) is 64.2 Å². The molecule has 2 unspecified atom stereocenters. The monoisotopic (exact) mass is 567 g/mol. The minimum absolute atomic E-state index is 0.0567. The molecular formula is C24H25N9O8. The van der Waals surface area contributed by atoms with Gasteiger partial charge in [-0.05, 0) is 24.3 Å². The number of guanidine groups is 1. The second kappa shape index (κ2) is 12.3. The van der Waals surface area contributed by atoms with Gasteiger partial charge >= 0.3 is 17.6 Å². The first-order valence-electron chi connectivity index (χ1n) is 11.5. The lowest BCUT2D eigenvalue weighted by molar-refractivity contribution is -0.420. The number of carboxylic acids is 2. The lowest BCUT2D eigenvalue weighted by atomic mass is 9.96. The number of carboxylic acid groups (broad SMARTS) is 2. The van der Waals surface area contributed by atoms with Crippen molar-refractivity contribution in [2.75, 3.05) is 19.0 Å². The van der Waals surface area contributed by atoms with E-state index in [0.717, 1.165) is 0 Å². The van der Waals surface area contributed by atoms with Crippen molar-refractivity contribution in [2.45, 2.75) is 12.8 Å². The number of rotatable bonds is 11. The Kier molecular flexibility index (Phi) is 8.91. The number of hydrogen-bond donors (Lipinski definition) is 5. The summed E-state index contributed by atoms with van der Waals surface area (Å²) in [4.78, 5) is 44.4. The highest BCUT2D eigenvalue weighted by atomic mass is 16.6. The van der Waals surface area contributed by atoms with Gasteiger partial charge in [0.25, 0.3) is 12.2 Å². The number of nitrogens with two attached hydrogens (primary N) is 3. The van der Waals surface area contributed by atoms with Gasteiger partial charge in [0.1, 0.15) is 17.4 Å². The van der Waals surface area contributed by atoms with Gasteiger partial charge < -0.3 is 36.1 Å². The number of benzene rings is 2. The molecule has 17 heteroatoms. The van der Waals surface area contributed by atoms with Crippen LogP contribution in [0.5, 0.6) is 11.5 Å². The highest BCUT2D eigenvalue weighted by Gasteiger charge is 2.45. The highest BCUT2D eigenvalue weighted by molar-refractivity contribution is 6.12. The van der Waals surface area contributed by atoms with Gasteiger partial charge in [-0.15, -0.1) is 0 Å². The highest BCUT2D eigenvalue weighted by Crippen LogP contribution is 2.34. The van der Waals surface area contributed by atoms with Crippen molar-refractivity contribution in [3.8, 4) is 17.6 Å². The van der Waals surface area contributed by atoms with Crippen molar-refractivity contribution in [3.05, 3.63) is 69.7 Å². The maximum absolute atomic E-state index is 12.3. The summed E-state index contributed by atoms with van der Waals surface area (Å²) in [7, 11) is 3.29. The Bertz CT molecular complexity index is 1510. The summed E-state index contributed by atoms with van der Waals surface area (Å²) in [5, 5.41) is 41.4. The molecule has 0 aliphatic carbocycles. The van der Waals surface area contributed by atoms with E-state index in [9.17, 15) is 35.2 Å². The van der Waals surface area contributed by atoms with Crippen LogP contribution in [0.4, 0.5) is 11.4 Å². The third-order valence-electron chi connectivity index (χ3n) is 5.45. The summed E-state index contributed by atoms with van der Waals surface area (Å²) in [6.45, 7) is 0. The topological polar surface area (TPSA) is 269 Å². The van der Waals surface area contributed by atoms with Gasteiger partial charge in [-0.25, -0.2) is 20.8 Å². The van der Waals surface area contributed by atoms with E-state index in [1.165, 1.54) is 36.4 Å². The fourth-order valence-corrected chi connectivity index (χ4v) is 3.70. The molecule has 214 valence electrons. The Hall–Kier alpha value is -5.89. The van der Waals surface area contributed by atoms with Crippen molar-refractivity contribution in [2.24, 2.45) is 33.2 Å². The van der Waals surface area contributed by atoms with Crippen molar-refractivity contribution in [1.29, 1.82) is 5.26 Å². The first-order chi connectivity index (χ1) is 19.3. The van der Waals surface area contributed by atoms with Crippen molar-refractivity contribution in [1.82, 2.24) is 5.01 Å². The molecule has 0 saturated heterocycles.